The number of carbonyl (C=O) groups is 2. The van der Waals surface area contributed by atoms with E-state index in [9.17, 15) is 9.59 Å². The SMILES string of the molecule is Cc1cc(C)c(-c2csc(NC(=O)c3ccccc3SCC(=O)NCC3CCCCC3)n2)cc1C. The second kappa shape index (κ2) is 11.9. The highest BCUT2D eigenvalue weighted by Gasteiger charge is 2.17. The quantitative estimate of drug-likeness (QED) is 0.330. The van der Waals surface area contributed by atoms with E-state index in [1.165, 1.54) is 71.9 Å². The van der Waals surface area contributed by atoms with Gasteiger partial charge in [-0.1, -0.05) is 37.5 Å². The molecule has 7 heteroatoms. The Morgan fingerprint density at radius 1 is 1.03 bits per heavy atom. The highest BCUT2D eigenvalue weighted by molar-refractivity contribution is 8.00. The number of aryl methyl sites for hydroxylation is 3. The van der Waals surface area contributed by atoms with Crippen molar-refractivity contribution in [1.82, 2.24) is 10.3 Å². The van der Waals surface area contributed by atoms with Gasteiger partial charge in [-0.15, -0.1) is 23.1 Å². The van der Waals surface area contributed by atoms with Crippen LogP contribution in [0.4, 0.5) is 5.13 Å². The van der Waals surface area contributed by atoms with E-state index in [0.29, 0.717) is 22.4 Å². The first-order valence-corrected chi connectivity index (χ1v) is 14.1. The molecule has 5 nitrogen and oxygen atoms in total. The number of nitrogens with one attached hydrogen (secondary N) is 2. The minimum absolute atomic E-state index is 0.0177. The third-order valence-electron chi connectivity index (χ3n) is 6.64. The Labute approximate surface area is 216 Å². The van der Waals surface area contributed by atoms with Crippen molar-refractivity contribution in [3.63, 3.8) is 0 Å². The molecule has 0 bridgehead atoms. The molecule has 1 heterocycles. The Kier molecular flexibility index (Phi) is 8.63. The number of thioether (sulfide) groups is 1. The molecule has 0 atom stereocenters. The number of nitrogens with zero attached hydrogens (tertiary/aromatic N) is 1. The van der Waals surface area contributed by atoms with E-state index >= 15 is 0 Å². The highest BCUT2D eigenvalue weighted by Crippen LogP contribution is 2.30. The maximum Gasteiger partial charge on any atom is 0.258 e. The lowest BCUT2D eigenvalue weighted by Gasteiger charge is -2.21. The molecule has 1 aliphatic rings. The van der Waals surface area contributed by atoms with Gasteiger partial charge in [0.05, 0.1) is 17.0 Å². The summed E-state index contributed by atoms with van der Waals surface area (Å²) in [6.45, 7) is 7.04. The third-order valence-corrected chi connectivity index (χ3v) is 8.48. The summed E-state index contributed by atoms with van der Waals surface area (Å²) >= 11 is 2.81. The van der Waals surface area contributed by atoms with Crippen LogP contribution in [-0.4, -0.2) is 29.1 Å². The Bertz CT molecular complexity index is 1200. The van der Waals surface area contributed by atoms with Gasteiger partial charge in [-0.2, -0.15) is 0 Å². The minimum Gasteiger partial charge on any atom is -0.355 e. The van der Waals surface area contributed by atoms with Crippen molar-refractivity contribution in [3.05, 3.63) is 64.0 Å². The van der Waals surface area contributed by atoms with Gasteiger partial charge in [0.25, 0.3) is 5.91 Å². The molecule has 3 aromatic rings. The molecule has 0 spiro atoms. The van der Waals surface area contributed by atoms with Crippen molar-refractivity contribution < 1.29 is 9.59 Å². The Hall–Kier alpha value is -2.64. The third kappa shape index (κ3) is 6.73. The average molecular weight is 508 g/mol. The summed E-state index contributed by atoms with van der Waals surface area (Å²) in [6.07, 6.45) is 6.26. The van der Waals surface area contributed by atoms with Crippen molar-refractivity contribution in [2.24, 2.45) is 5.92 Å². The van der Waals surface area contributed by atoms with Crippen LogP contribution < -0.4 is 10.6 Å². The zero-order chi connectivity index (χ0) is 24.8. The summed E-state index contributed by atoms with van der Waals surface area (Å²) in [4.78, 5) is 30.9. The van der Waals surface area contributed by atoms with E-state index in [-0.39, 0.29) is 11.8 Å². The first-order chi connectivity index (χ1) is 16.9. The molecule has 2 amide bonds. The predicted molar refractivity (Wildman–Crippen MR) is 146 cm³/mol. The Morgan fingerprint density at radius 3 is 2.57 bits per heavy atom. The molecule has 1 aromatic heterocycles. The fraction of sp³-hybridized carbons (Fsp3) is 0.393. The molecular weight excluding hydrogens is 474 g/mol. The van der Waals surface area contributed by atoms with E-state index < -0.39 is 0 Å². The minimum atomic E-state index is -0.214. The van der Waals surface area contributed by atoms with E-state index in [1.807, 2.05) is 23.6 Å². The molecule has 0 saturated heterocycles. The maximum atomic E-state index is 13.1. The van der Waals surface area contributed by atoms with Gasteiger partial charge >= 0.3 is 0 Å². The van der Waals surface area contributed by atoms with Gasteiger partial charge < -0.3 is 5.32 Å². The average Bonchev–Trinajstić information content (AvgIpc) is 3.32. The zero-order valence-corrected chi connectivity index (χ0v) is 22.3. The van der Waals surface area contributed by atoms with E-state index in [1.54, 1.807) is 6.07 Å². The first kappa shape index (κ1) is 25.5. The van der Waals surface area contributed by atoms with Gasteiger partial charge in [0.15, 0.2) is 5.13 Å². The molecule has 184 valence electrons. The van der Waals surface area contributed by atoms with Crippen molar-refractivity contribution in [2.45, 2.75) is 57.8 Å². The van der Waals surface area contributed by atoms with Crippen LogP contribution in [0.15, 0.2) is 46.7 Å². The summed E-state index contributed by atoms with van der Waals surface area (Å²) in [5.74, 6) is 0.703. The molecule has 35 heavy (non-hydrogen) atoms. The number of rotatable bonds is 8. The van der Waals surface area contributed by atoms with Crippen LogP contribution in [0.5, 0.6) is 0 Å². The number of hydrogen-bond acceptors (Lipinski definition) is 5. The Balaban J connectivity index is 1.37. The van der Waals surface area contributed by atoms with Crippen LogP contribution >= 0.6 is 23.1 Å². The molecule has 1 fully saturated rings. The highest BCUT2D eigenvalue weighted by atomic mass is 32.2. The number of carbonyl (C=O) groups excluding carboxylic acids is 2. The lowest BCUT2D eigenvalue weighted by atomic mass is 9.89. The molecule has 1 saturated carbocycles. The lowest BCUT2D eigenvalue weighted by molar-refractivity contribution is -0.118. The number of thiazole rings is 1. The topological polar surface area (TPSA) is 71.1 Å². The summed E-state index contributed by atoms with van der Waals surface area (Å²) in [5.41, 5.74) is 6.14. The second-order valence-corrected chi connectivity index (χ2v) is 11.2. The summed E-state index contributed by atoms with van der Waals surface area (Å²) in [6, 6.07) is 11.7. The monoisotopic (exact) mass is 507 g/mol. The molecule has 0 unspecified atom stereocenters. The number of amides is 2. The van der Waals surface area contributed by atoms with Crippen LogP contribution in [0, 0.1) is 26.7 Å². The van der Waals surface area contributed by atoms with Gasteiger partial charge in [0.1, 0.15) is 0 Å². The van der Waals surface area contributed by atoms with Crippen LogP contribution in [0.3, 0.4) is 0 Å². The van der Waals surface area contributed by atoms with Gasteiger partial charge in [0, 0.05) is 22.4 Å². The summed E-state index contributed by atoms with van der Waals surface area (Å²) in [7, 11) is 0. The van der Waals surface area contributed by atoms with Gasteiger partial charge in [-0.25, -0.2) is 4.98 Å². The molecule has 2 aromatic carbocycles. The fourth-order valence-electron chi connectivity index (χ4n) is 4.48. The first-order valence-electron chi connectivity index (χ1n) is 12.2. The van der Waals surface area contributed by atoms with E-state index in [0.717, 1.165) is 22.7 Å². The molecule has 4 rings (SSSR count). The molecule has 0 radical (unpaired) electrons. The Morgan fingerprint density at radius 2 is 1.77 bits per heavy atom. The van der Waals surface area contributed by atoms with Crippen molar-refractivity contribution >= 4 is 40.0 Å². The summed E-state index contributed by atoms with van der Waals surface area (Å²) < 4.78 is 0. The van der Waals surface area contributed by atoms with Gasteiger partial charge in [-0.3, -0.25) is 14.9 Å². The smallest absolute Gasteiger partial charge is 0.258 e. The van der Waals surface area contributed by atoms with E-state index in [4.69, 9.17) is 0 Å². The van der Waals surface area contributed by atoms with Gasteiger partial charge in [0.2, 0.25) is 5.91 Å². The zero-order valence-electron chi connectivity index (χ0n) is 20.6. The maximum absolute atomic E-state index is 13.1. The lowest BCUT2D eigenvalue weighted by Crippen LogP contribution is -2.31. The molecule has 2 N–H and O–H groups in total. The van der Waals surface area contributed by atoms with Crippen LogP contribution in [-0.2, 0) is 4.79 Å². The van der Waals surface area contributed by atoms with E-state index in [2.05, 4.69) is 48.5 Å². The molecule has 0 aliphatic heterocycles. The number of anilines is 1. The number of aromatic nitrogens is 1. The molecule has 1 aliphatic carbocycles. The number of hydrogen-bond donors (Lipinski definition) is 2. The van der Waals surface area contributed by atoms with Crippen molar-refractivity contribution in [2.75, 3.05) is 17.6 Å². The second-order valence-electron chi connectivity index (χ2n) is 9.34. The largest absolute Gasteiger partial charge is 0.355 e. The number of benzene rings is 2. The van der Waals surface area contributed by atoms with Gasteiger partial charge in [-0.05, 0) is 74.4 Å². The van der Waals surface area contributed by atoms with Crippen LogP contribution in [0.2, 0.25) is 0 Å². The van der Waals surface area contributed by atoms with Crippen LogP contribution in [0.25, 0.3) is 11.3 Å². The molecular formula is C28H33N3O2S2. The van der Waals surface area contributed by atoms with Crippen LogP contribution in [0.1, 0.15) is 59.2 Å². The van der Waals surface area contributed by atoms with Crippen molar-refractivity contribution in [3.8, 4) is 11.3 Å². The fourth-order valence-corrected chi connectivity index (χ4v) is 6.06. The summed E-state index contributed by atoms with van der Waals surface area (Å²) in [5, 5.41) is 8.56. The predicted octanol–water partition coefficient (Wildman–Crippen LogP) is 6.78. The van der Waals surface area contributed by atoms with Crippen molar-refractivity contribution in [1.29, 1.82) is 0 Å². The normalized spacial score (nSPS) is 14.0. The standard InChI is InChI=1S/C28H33N3O2S2/c1-18-13-20(3)23(14-19(18)2)24-16-35-28(30-24)31-27(33)22-11-7-8-12-25(22)34-17-26(32)29-15-21-9-5-4-6-10-21/h7-8,11-14,16,21H,4-6,9-10,15,17H2,1-3H3,(H,29,32)(H,30,31,33).